The minimum atomic E-state index is -1.04. The quantitative estimate of drug-likeness (QED) is 0.743. The number of urea groups is 1. The summed E-state index contributed by atoms with van der Waals surface area (Å²) in [6.45, 7) is -0.202. The molecule has 7 heteroatoms. The first-order chi connectivity index (χ1) is 8.97. The monoisotopic (exact) mass is 284 g/mol. The van der Waals surface area contributed by atoms with Crippen molar-refractivity contribution in [3.05, 3.63) is 29.3 Å². The number of ketones is 1. The molecular formula is C12H13ClN2O4. The molecule has 1 rings (SSSR count). The lowest BCUT2D eigenvalue weighted by atomic mass is 10.2. The number of carboxylic acid groups (broad SMARTS) is 1. The van der Waals surface area contributed by atoms with E-state index >= 15 is 0 Å². The fraction of sp³-hybridized carbons (Fsp3) is 0.250. The van der Waals surface area contributed by atoms with E-state index in [-0.39, 0.29) is 25.2 Å². The number of aliphatic carboxylic acids is 1. The molecule has 0 saturated carbocycles. The second kappa shape index (κ2) is 7.38. The predicted molar refractivity (Wildman–Crippen MR) is 70.4 cm³/mol. The number of anilines is 1. The summed E-state index contributed by atoms with van der Waals surface area (Å²) in [5.74, 6) is -1.38. The van der Waals surface area contributed by atoms with Gasteiger partial charge in [-0.1, -0.05) is 11.6 Å². The zero-order valence-corrected chi connectivity index (χ0v) is 10.7. The fourth-order valence-electron chi connectivity index (χ4n) is 1.22. The van der Waals surface area contributed by atoms with E-state index < -0.39 is 12.0 Å². The molecule has 0 aliphatic heterocycles. The van der Waals surface area contributed by atoms with Crippen molar-refractivity contribution in [1.29, 1.82) is 0 Å². The van der Waals surface area contributed by atoms with Crippen molar-refractivity contribution in [2.24, 2.45) is 0 Å². The van der Waals surface area contributed by atoms with Crippen LogP contribution < -0.4 is 10.6 Å². The van der Waals surface area contributed by atoms with Crippen molar-refractivity contribution < 1.29 is 19.5 Å². The Morgan fingerprint density at radius 1 is 1.11 bits per heavy atom. The molecule has 0 atom stereocenters. The lowest BCUT2D eigenvalue weighted by Crippen LogP contribution is -2.33. The molecule has 3 N–H and O–H groups in total. The predicted octanol–water partition coefficient (Wildman–Crippen LogP) is 1.90. The standard InChI is InChI=1S/C12H13ClN2O4/c13-8-1-3-9(4-2-8)15-12(19)14-7-10(16)5-6-11(17)18/h1-4H,5-7H2,(H,17,18)(H2,14,15,19). The summed E-state index contributed by atoms with van der Waals surface area (Å²) < 4.78 is 0. The van der Waals surface area contributed by atoms with Gasteiger partial charge in [0, 0.05) is 17.1 Å². The van der Waals surface area contributed by atoms with Gasteiger partial charge in [0.15, 0.2) is 5.78 Å². The highest BCUT2D eigenvalue weighted by atomic mass is 35.5. The van der Waals surface area contributed by atoms with Crippen LogP contribution in [-0.2, 0) is 9.59 Å². The lowest BCUT2D eigenvalue weighted by molar-refractivity contribution is -0.138. The Morgan fingerprint density at radius 3 is 2.32 bits per heavy atom. The molecule has 19 heavy (non-hydrogen) atoms. The van der Waals surface area contributed by atoms with E-state index in [9.17, 15) is 14.4 Å². The first kappa shape index (κ1) is 15.0. The summed E-state index contributed by atoms with van der Waals surface area (Å²) >= 11 is 5.69. The Kier molecular flexibility index (Phi) is 5.81. The summed E-state index contributed by atoms with van der Waals surface area (Å²) in [7, 11) is 0. The van der Waals surface area contributed by atoms with Crippen molar-refractivity contribution in [3.63, 3.8) is 0 Å². The average molecular weight is 285 g/mol. The minimum absolute atomic E-state index is 0.101. The van der Waals surface area contributed by atoms with E-state index in [1.807, 2.05) is 0 Å². The van der Waals surface area contributed by atoms with Crippen LogP contribution in [-0.4, -0.2) is 29.4 Å². The van der Waals surface area contributed by atoms with Crippen LogP contribution in [0.3, 0.4) is 0 Å². The number of halogens is 1. The summed E-state index contributed by atoms with van der Waals surface area (Å²) in [6, 6.07) is 5.94. The number of carbonyl (C=O) groups excluding carboxylic acids is 2. The number of Topliss-reactive ketones (excluding diaryl/α,β-unsaturated/α-hetero) is 1. The Morgan fingerprint density at radius 2 is 1.74 bits per heavy atom. The van der Waals surface area contributed by atoms with Gasteiger partial charge in [0.05, 0.1) is 13.0 Å². The van der Waals surface area contributed by atoms with Crippen LogP contribution in [0.5, 0.6) is 0 Å². The molecule has 0 aliphatic carbocycles. The average Bonchev–Trinajstić information content (AvgIpc) is 2.36. The van der Waals surface area contributed by atoms with Crippen LogP contribution in [0.4, 0.5) is 10.5 Å². The number of benzene rings is 1. The maximum atomic E-state index is 11.4. The Balaban J connectivity index is 2.29. The van der Waals surface area contributed by atoms with Gasteiger partial charge < -0.3 is 15.7 Å². The molecule has 0 bridgehead atoms. The van der Waals surface area contributed by atoms with E-state index in [0.29, 0.717) is 10.7 Å². The zero-order valence-electron chi connectivity index (χ0n) is 9.98. The molecule has 0 spiro atoms. The SMILES string of the molecule is O=C(O)CCC(=O)CNC(=O)Nc1ccc(Cl)cc1. The summed E-state index contributed by atoms with van der Waals surface area (Å²) in [6.07, 6.45) is -0.337. The van der Waals surface area contributed by atoms with E-state index in [0.717, 1.165) is 0 Å². The smallest absolute Gasteiger partial charge is 0.319 e. The second-order valence-corrected chi connectivity index (χ2v) is 4.18. The molecule has 2 amide bonds. The van der Waals surface area contributed by atoms with E-state index in [1.54, 1.807) is 24.3 Å². The molecule has 0 unspecified atom stereocenters. The van der Waals surface area contributed by atoms with Gasteiger partial charge >= 0.3 is 12.0 Å². The molecule has 0 heterocycles. The van der Waals surface area contributed by atoms with Gasteiger partial charge in [0.25, 0.3) is 0 Å². The van der Waals surface area contributed by atoms with Gasteiger partial charge in [-0.05, 0) is 24.3 Å². The number of hydrogen-bond donors (Lipinski definition) is 3. The summed E-state index contributed by atoms with van der Waals surface area (Å²) in [5, 5.41) is 13.8. The Hall–Kier alpha value is -2.08. The topological polar surface area (TPSA) is 95.5 Å². The molecule has 102 valence electrons. The zero-order chi connectivity index (χ0) is 14.3. The fourth-order valence-corrected chi connectivity index (χ4v) is 1.35. The molecule has 0 fully saturated rings. The third-order valence-electron chi connectivity index (χ3n) is 2.17. The molecule has 0 aliphatic rings. The number of nitrogens with one attached hydrogen (secondary N) is 2. The van der Waals surface area contributed by atoms with E-state index in [1.165, 1.54) is 0 Å². The maximum absolute atomic E-state index is 11.4. The lowest BCUT2D eigenvalue weighted by Gasteiger charge is -2.06. The van der Waals surface area contributed by atoms with Crippen LogP contribution >= 0.6 is 11.6 Å². The van der Waals surface area contributed by atoms with Crippen molar-refractivity contribution >= 4 is 35.1 Å². The van der Waals surface area contributed by atoms with Gasteiger partial charge in [0.2, 0.25) is 0 Å². The van der Waals surface area contributed by atoms with Gasteiger partial charge in [0.1, 0.15) is 0 Å². The molecule has 6 nitrogen and oxygen atoms in total. The number of carboxylic acids is 1. The molecule has 0 saturated heterocycles. The second-order valence-electron chi connectivity index (χ2n) is 3.75. The van der Waals surface area contributed by atoms with Crippen molar-refractivity contribution in [2.45, 2.75) is 12.8 Å². The molecule has 0 radical (unpaired) electrons. The van der Waals surface area contributed by atoms with Gasteiger partial charge in [-0.2, -0.15) is 0 Å². The third-order valence-corrected chi connectivity index (χ3v) is 2.42. The number of amides is 2. The number of hydrogen-bond acceptors (Lipinski definition) is 3. The first-order valence-electron chi connectivity index (χ1n) is 5.51. The van der Waals surface area contributed by atoms with E-state index in [4.69, 9.17) is 16.7 Å². The Labute approximate surface area is 114 Å². The van der Waals surface area contributed by atoms with Crippen LogP contribution in [0.25, 0.3) is 0 Å². The Bertz CT molecular complexity index is 473. The highest BCUT2D eigenvalue weighted by molar-refractivity contribution is 6.30. The van der Waals surface area contributed by atoms with Crippen molar-refractivity contribution in [3.8, 4) is 0 Å². The molecule has 0 aromatic heterocycles. The summed E-state index contributed by atoms with van der Waals surface area (Å²) in [4.78, 5) is 32.9. The highest BCUT2D eigenvalue weighted by Gasteiger charge is 2.07. The number of rotatable bonds is 6. The third kappa shape index (κ3) is 6.42. The largest absolute Gasteiger partial charge is 0.481 e. The molecular weight excluding hydrogens is 272 g/mol. The van der Waals surface area contributed by atoms with Gasteiger partial charge in [-0.25, -0.2) is 4.79 Å². The van der Waals surface area contributed by atoms with Crippen LogP contribution in [0.2, 0.25) is 5.02 Å². The van der Waals surface area contributed by atoms with E-state index in [2.05, 4.69) is 10.6 Å². The van der Waals surface area contributed by atoms with Crippen molar-refractivity contribution in [2.75, 3.05) is 11.9 Å². The highest BCUT2D eigenvalue weighted by Crippen LogP contribution is 2.12. The van der Waals surface area contributed by atoms with Gasteiger partial charge in [-0.15, -0.1) is 0 Å². The van der Waals surface area contributed by atoms with Crippen LogP contribution in [0.1, 0.15) is 12.8 Å². The van der Waals surface area contributed by atoms with Gasteiger partial charge in [-0.3, -0.25) is 9.59 Å². The minimum Gasteiger partial charge on any atom is -0.481 e. The van der Waals surface area contributed by atoms with Crippen LogP contribution in [0.15, 0.2) is 24.3 Å². The summed E-state index contributed by atoms with van der Waals surface area (Å²) in [5.41, 5.74) is 0.542. The molecule has 1 aromatic carbocycles. The normalized spacial score (nSPS) is 9.74. The number of carbonyl (C=O) groups is 3. The molecule has 1 aromatic rings. The maximum Gasteiger partial charge on any atom is 0.319 e. The van der Waals surface area contributed by atoms with Crippen LogP contribution in [0, 0.1) is 0 Å². The first-order valence-corrected chi connectivity index (χ1v) is 5.89. The van der Waals surface area contributed by atoms with Crippen molar-refractivity contribution in [1.82, 2.24) is 5.32 Å².